The Hall–Kier alpha value is -1.59. The van der Waals surface area contributed by atoms with E-state index in [2.05, 4.69) is 36.1 Å². The minimum atomic E-state index is -1.02. The third kappa shape index (κ3) is 4.44. The quantitative estimate of drug-likeness (QED) is 0.502. The zero-order valence-electron chi connectivity index (χ0n) is 13.4. The highest BCUT2D eigenvalue weighted by molar-refractivity contribution is 6.76. The number of benzene rings is 1. The number of nitrogen functional groups attached to an aromatic ring is 1. The fraction of sp³-hybridized carbons (Fsp3) is 0.438. The van der Waals surface area contributed by atoms with E-state index in [1.807, 2.05) is 30.6 Å². The number of anilines is 1. The number of rotatable bonds is 6. The van der Waals surface area contributed by atoms with Gasteiger partial charge in [0.2, 0.25) is 0 Å². The summed E-state index contributed by atoms with van der Waals surface area (Å²) < 4.78 is 7.83. The summed E-state index contributed by atoms with van der Waals surface area (Å²) >= 11 is 0. The van der Waals surface area contributed by atoms with E-state index >= 15 is 0 Å². The molecule has 0 aliphatic rings. The highest BCUT2D eigenvalue weighted by atomic mass is 28.3. The summed E-state index contributed by atoms with van der Waals surface area (Å²) in [4.78, 5) is 4.49. The van der Waals surface area contributed by atoms with Crippen LogP contribution >= 0.6 is 0 Å². The molecule has 0 aliphatic heterocycles. The molecule has 0 saturated heterocycles. The van der Waals surface area contributed by atoms with E-state index in [9.17, 15) is 0 Å². The molecule has 1 aromatic carbocycles. The highest BCUT2D eigenvalue weighted by Crippen LogP contribution is 2.22. The zero-order valence-corrected chi connectivity index (χ0v) is 14.4. The third-order valence-electron chi connectivity index (χ3n) is 3.51. The summed E-state index contributed by atoms with van der Waals surface area (Å²) in [5, 5.41) is 0. The van der Waals surface area contributed by atoms with Crippen LogP contribution in [0.1, 0.15) is 5.69 Å². The number of ether oxygens (including phenoxy) is 1. The lowest BCUT2D eigenvalue weighted by atomic mass is 10.1. The lowest BCUT2D eigenvalue weighted by Crippen LogP contribution is -2.22. The van der Waals surface area contributed by atoms with Crippen molar-refractivity contribution in [2.24, 2.45) is 0 Å². The molecule has 1 heterocycles. The molecule has 2 aromatic rings. The van der Waals surface area contributed by atoms with Gasteiger partial charge in [0.05, 0.1) is 12.0 Å². The molecule has 0 bridgehead atoms. The average molecular weight is 303 g/mol. The molecule has 0 amide bonds. The zero-order chi connectivity index (χ0) is 15.5. The van der Waals surface area contributed by atoms with Crippen molar-refractivity contribution in [2.45, 2.75) is 39.3 Å². The van der Waals surface area contributed by atoms with Crippen LogP contribution in [0.25, 0.3) is 11.3 Å². The first-order chi connectivity index (χ1) is 9.87. The van der Waals surface area contributed by atoms with Crippen molar-refractivity contribution in [3.63, 3.8) is 0 Å². The van der Waals surface area contributed by atoms with Crippen molar-refractivity contribution in [1.29, 1.82) is 0 Å². The van der Waals surface area contributed by atoms with Crippen molar-refractivity contribution in [1.82, 2.24) is 9.55 Å². The van der Waals surface area contributed by atoms with E-state index in [-0.39, 0.29) is 0 Å². The van der Waals surface area contributed by atoms with E-state index in [1.54, 1.807) is 0 Å². The molecule has 114 valence electrons. The van der Waals surface area contributed by atoms with Crippen molar-refractivity contribution >= 4 is 13.8 Å². The monoisotopic (exact) mass is 303 g/mol. The van der Waals surface area contributed by atoms with Crippen molar-refractivity contribution in [3.8, 4) is 11.3 Å². The van der Waals surface area contributed by atoms with Crippen LogP contribution in [0, 0.1) is 6.92 Å². The fourth-order valence-corrected chi connectivity index (χ4v) is 2.80. The van der Waals surface area contributed by atoms with E-state index in [1.165, 1.54) is 6.04 Å². The average Bonchev–Trinajstić information content (AvgIpc) is 2.76. The normalized spacial score (nSPS) is 11.8. The van der Waals surface area contributed by atoms with Gasteiger partial charge in [0.25, 0.3) is 0 Å². The largest absolute Gasteiger partial charge is 0.399 e. The molecule has 4 nitrogen and oxygen atoms in total. The maximum absolute atomic E-state index is 5.78. The Labute approximate surface area is 128 Å². The number of hydrogen-bond donors (Lipinski definition) is 1. The standard InChI is InChI=1S/C16H25N3OSi/c1-13-16(14-5-7-15(17)8-6-14)18-11-19(13)12-20-9-10-21(2,3)4/h5-8,11H,9-10,12,17H2,1-4H3. The van der Waals surface area contributed by atoms with Gasteiger partial charge >= 0.3 is 0 Å². The molecule has 0 aliphatic carbocycles. The predicted octanol–water partition coefficient (Wildman–Crippen LogP) is 3.75. The third-order valence-corrected chi connectivity index (χ3v) is 5.21. The molecule has 5 heteroatoms. The van der Waals surface area contributed by atoms with Gasteiger partial charge in [-0.2, -0.15) is 0 Å². The summed E-state index contributed by atoms with van der Waals surface area (Å²) in [5.41, 5.74) is 9.68. The van der Waals surface area contributed by atoms with Gasteiger partial charge in [-0.1, -0.05) is 31.8 Å². The fourth-order valence-electron chi connectivity index (χ4n) is 2.04. The van der Waals surface area contributed by atoms with Crippen molar-refractivity contribution in [3.05, 3.63) is 36.3 Å². The number of hydrogen-bond acceptors (Lipinski definition) is 3. The van der Waals surface area contributed by atoms with Gasteiger partial charge in [-0.05, 0) is 25.1 Å². The second-order valence-electron chi connectivity index (χ2n) is 6.62. The van der Waals surface area contributed by atoms with Crippen molar-refractivity contribution in [2.75, 3.05) is 12.3 Å². The Morgan fingerprint density at radius 3 is 2.48 bits per heavy atom. The van der Waals surface area contributed by atoms with Crippen LogP contribution in [0.4, 0.5) is 5.69 Å². The molecule has 21 heavy (non-hydrogen) atoms. The summed E-state index contributed by atoms with van der Waals surface area (Å²) in [6.45, 7) is 10.5. The Morgan fingerprint density at radius 1 is 1.19 bits per heavy atom. The minimum Gasteiger partial charge on any atom is -0.399 e. The van der Waals surface area contributed by atoms with Gasteiger partial charge in [0.1, 0.15) is 6.73 Å². The number of imidazole rings is 1. The molecule has 0 saturated carbocycles. The van der Waals surface area contributed by atoms with Crippen LogP contribution in [0.3, 0.4) is 0 Å². The summed E-state index contributed by atoms with van der Waals surface area (Å²) in [5.74, 6) is 0. The van der Waals surface area contributed by atoms with E-state index in [0.29, 0.717) is 6.73 Å². The molecule has 0 spiro atoms. The lowest BCUT2D eigenvalue weighted by Gasteiger charge is -2.15. The van der Waals surface area contributed by atoms with Gasteiger partial charge in [-0.15, -0.1) is 0 Å². The van der Waals surface area contributed by atoms with Crippen LogP contribution in [0.15, 0.2) is 30.6 Å². The number of nitrogens with two attached hydrogens (primary N) is 1. The molecule has 0 radical (unpaired) electrons. The molecule has 0 atom stereocenters. The lowest BCUT2D eigenvalue weighted by molar-refractivity contribution is 0.0859. The smallest absolute Gasteiger partial charge is 0.124 e. The first kappa shape index (κ1) is 15.8. The van der Waals surface area contributed by atoms with E-state index < -0.39 is 8.07 Å². The maximum Gasteiger partial charge on any atom is 0.124 e. The van der Waals surface area contributed by atoms with E-state index in [0.717, 1.165) is 29.2 Å². The number of aromatic nitrogens is 2. The highest BCUT2D eigenvalue weighted by Gasteiger charge is 2.13. The molecule has 1 aromatic heterocycles. The topological polar surface area (TPSA) is 53.1 Å². The molecule has 2 rings (SSSR count). The van der Waals surface area contributed by atoms with Gasteiger partial charge in [-0.3, -0.25) is 0 Å². The summed E-state index contributed by atoms with van der Waals surface area (Å²) in [6.07, 6.45) is 1.84. The Kier molecular flexibility index (Phi) is 4.85. The predicted molar refractivity (Wildman–Crippen MR) is 90.9 cm³/mol. The Morgan fingerprint density at radius 2 is 1.86 bits per heavy atom. The molecule has 0 unspecified atom stereocenters. The van der Waals surface area contributed by atoms with Gasteiger partial charge < -0.3 is 15.0 Å². The van der Waals surface area contributed by atoms with Gasteiger partial charge in [0, 0.05) is 31.6 Å². The van der Waals surface area contributed by atoms with Gasteiger partial charge in [0.15, 0.2) is 0 Å². The number of nitrogens with zero attached hydrogens (tertiary/aromatic N) is 2. The maximum atomic E-state index is 5.78. The first-order valence-electron chi connectivity index (χ1n) is 7.32. The van der Waals surface area contributed by atoms with Crippen LogP contribution in [-0.4, -0.2) is 24.2 Å². The van der Waals surface area contributed by atoms with Crippen LogP contribution in [0.2, 0.25) is 25.7 Å². The Balaban J connectivity index is 1.99. The Bertz CT molecular complexity index is 585. The summed E-state index contributed by atoms with van der Waals surface area (Å²) in [7, 11) is -1.02. The van der Waals surface area contributed by atoms with Crippen LogP contribution < -0.4 is 5.73 Å². The second kappa shape index (κ2) is 6.45. The van der Waals surface area contributed by atoms with Gasteiger partial charge in [-0.25, -0.2) is 4.98 Å². The SMILES string of the molecule is Cc1c(-c2ccc(N)cc2)ncn1COCC[Si](C)(C)C. The van der Waals surface area contributed by atoms with Crippen LogP contribution in [0.5, 0.6) is 0 Å². The first-order valence-corrected chi connectivity index (χ1v) is 11.0. The van der Waals surface area contributed by atoms with Crippen LogP contribution in [-0.2, 0) is 11.5 Å². The summed E-state index contributed by atoms with van der Waals surface area (Å²) in [6, 6.07) is 8.99. The molecule has 0 fully saturated rings. The molecular formula is C16H25N3OSi. The van der Waals surface area contributed by atoms with Crippen molar-refractivity contribution < 1.29 is 4.74 Å². The van der Waals surface area contributed by atoms with E-state index in [4.69, 9.17) is 10.5 Å². The minimum absolute atomic E-state index is 0.568. The molecule has 2 N–H and O–H groups in total. The second-order valence-corrected chi connectivity index (χ2v) is 12.2. The molecular weight excluding hydrogens is 278 g/mol.